The van der Waals surface area contributed by atoms with E-state index in [1.54, 1.807) is 0 Å². The lowest BCUT2D eigenvalue weighted by Crippen LogP contribution is -2.46. The van der Waals surface area contributed by atoms with E-state index < -0.39 is 0 Å². The second-order valence-corrected chi connectivity index (χ2v) is 8.39. The maximum atomic E-state index is 12.9. The Hall–Kier alpha value is -1.05. The molecule has 4 bridgehead atoms. The molecule has 2 nitrogen and oxygen atoms in total. The highest BCUT2D eigenvalue weighted by atomic mass is 16.1. The van der Waals surface area contributed by atoms with Crippen LogP contribution in [0.15, 0.2) is 0 Å². The predicted octanol–water partition coefficient (Wildman–Crippen LogP) is 4.73. The van der Waals surface area contributed by atoms with Gasteiger partial charge in [-0.25, -0.2) is 0 Å². The Morgan fingerprint density at radius 3 is 1.95 bits per heavy atom. The minimum Gasteiger partial charge on any atom is -0.356 e. The Labute approximate surface area is 127 Å². The summed E-state index contributed by atoms with van der Waals surface area (Å²) in [6.07, 6.45) is 9.11. The molecule has 0 amide bonds. The number of H-pyrrole nitrogens is 1. The zero-order chi connectivity index (χ0) is 14.8. The summed E-state index contributed by atoms with van der Waals surface area (Å²) >= 11 is 0. The van der Waals surface area contributed by atoms with E-state index in [9.17, 15) is 4.79 Å². The van der Waals surface area contributed by atoms with Gasteiger partial charge in [0.1, 0.15) is 0 Å². The molecule has 4 saturated carbocycles. The molecular formula is C19H27NO. The van der Waals surface area contributed by atoms with Crippen molar-refractivity contribution >= 4 is 5.78 Å². The van der Waals surface area contributed by atoms with Gasteiger partial charge in [0.2, 0.25) is 0 Å². The van der Waals surface area contributed by atoms with E-state index in [1.165, 1.54) is 49.7 Å². The predicted molar refractivity (Wildman–Crippen MR) is 84.6 cm³/mol. The van der Waals surface area contributed by atoms with Crippen molar-refractivity contribution in [3.05, 3.63) is 22.5 Å². The summed E-state index contributed by atoms with van der Waals surface area (Å²) in [5.74, 6) is 3.15. The van der Waals surface area contributed by atoms with Crippen LogP contribution in [0.2, 0.25) is 0 Å². The molecule has 1 heterocycles. The average Bonchev–Trinajstić information content (AvgIpc) is 2.64. The van der Waals surface area contributed by atoms with Gasteiger partial charge in [0.05, 0.1) is 5.69 Å². The fourth-order valence-electron chi connectivity index (χ4n) is 6.06. The van der Waals surface area contributed by atoms with Gasteiger partial charge < -0.3 is 4.98 Å². The highest BCUT2D eigenvalue weighted by Gasteiger charge is 2.51. The lowest BCUT2D eigenvalue weighted by molar-refractivity contribution is -0.0524. The standard InChI is InChI=1S/C19H27NO/c1-11-12(2)18(20-13(11)3)17(21)10-19-7-14-4-15(8-19)6-16(5-14)9-19/h14-16,20H,4-10H2,1-3H3. The number of aromatic amines is 1. The number of Topliss-reactive ketones (excluding diaryl/α,β-unsaturated/α-hetero) is 1. The van der Waals surface area contributed by atoms with Gasteiger partial charge in [-0.1, -0.05) is 0 Å². The van der Waals surface area contributed by atoms with Crippen LogP contribution >= 0.6 is 0 Å². The number of rotatable bonds is 3. The molecule has 0 aliphatic heterocycles. The number of carbonyl (C=O) groups excluding carboxylic acids is 1. The van der Waals surface area contributed by atoms with Crippen molar-refractivity contribution < 1.29 is 4.79 Å². The van der Waals surface area contributed by atoms with Crippen LogP contribution in [0.1, 0.15) is 72.3 Å². The number of aromatic nitrogens is 1. The van der Waals surface area contributed by atoms with E-state index in [0.717, 1.165) is 35.6 Å². The zero-order valence-corrected chi connectivity index (χ0v) is 13.6. The van der Waals surface area contributed by atoms with E-state index in [-0.39, 0.29) is 0 Å². The minimum atomic E-state index is 0.352. The van der Waals surface area contributed by atoms with Gasteiger partial charge in [-0.15, -0.1) is 0 Å². The molecule has 1 aromatic heterocycles. The number of hydrogen-bond acceptors (Lipinski definition) is 1. The summed E-state index contributed by atoms with van der Waals surface area (Å²) in [6, 6.07) is 0. The molecule has 4 aliphatic rings. The molecule has 0 spiro atoms. The summed E-state index contributed by atoms with van der Waals surface area (Å²) in [7, 11) is 0. The summed E-state index contributed by atoms with van der Waals surface area (Å²) in [5, 5.41) is 0. The Kier molecular flexibility index (Phi) is 2.90. The van der Waals surface area contributed by atoms with Gasteiger partial charge >= 0.3 is 0 Å². The summed E-state index contributed by atoms with van der Waals surface area (Å²) in [5.41, 5.74) is 4.82. The topological polar surface area (TPSA) is 32.9 Å². The number of carbonyl (C=O) groups is 1. The molecule has 0 saturated heterocycles. The molecule has 4 fully saturated rings. The second-order valence-electron chi connectivity index (χ2n) is 8.39. The van der Waals surface area contributed by atoms with Crippen molar-refractivity contribution in [2.45, 2.75) is 65.7 Å². The molecule has 0 radical (unpaired) electrons. The van der Waals surface area contributed by atoms with Crippen molar-refractivity contribution in [2.75, 3.05) is 0 Å². The smallest absolute Gasteiger partial charge is 0.179 e. The summed E-state index contributed by atoms with van der Waals surface area (Å²) in [4.78, 5) is 16.2. The van der Waals surface area contributed by atoms with Crippen LogP contribution < -0.4 is 0 Å². The third-order valence-corrected chi connectivity index (χ3v) is 6.79. The van der Waals surface area contributed by atoms with Crippen molar-refractivity contribution in [1.82, 2.24) is 4.98 Å². The van der Waals surface area contributed by atoms with E-state index in [2.05, 4.69) is 25.8 Å². The summed E-state index contributed by atoms with van der Waals surface area (Å²) < 4.78 is 0. The fraction of sp³-hybridized carbons (Fsp3) is 0.737. The third-order valence-electron chi connectivity index (χ3n) is 6.79. The van der Waals surface area contributed by atoms with Gasteiger partial charge in [-0.2, -0.15) is 0 Å². The first-order valence-corrected chi connectivity index (χ1v) is 8.65. The van der Waals surface area contributed by atoms with Crippen molar-refractivity contribution in [2.24, 2.45) is 23.2 Å². The first kappa shape index (κ1) is 13.6. The van der Waals surface area contributed by atoms with Crippen LogP contribution in [0.5, 0.6) is 0 Å². The summed E-state index contributed by atoms with van der Waals surface area (Å²) in [6.45, 7) is 6.28. The number of hydrogen-bond donors (Lipinski definition) is 1. The Morgan fingerprint density at radius 2 is 1.52 bits per heavy atom. The molecule has 0 aromatic carbocycles. The number of aryl methyl sites for hydroxylation is 1. The molecular weight excluding hydrogens is 258 g/mol. The molecule has 5 rings (SSSR count). The van der Waals surface area contributed by atoms with Crippen molar-refractivity contribution in [1.29, 1.82) is 0 Å². The first-order valence-electron chi connectivity index (χ1n) is 8.65. The van der Waals surface area contributed by atoms with Gasteiger partial charge in [0.15, 0.2) is 5.78 Å². The quantitative estimate of drug-likeness (QED) is 0.800. The fourth-order valence-corrected chi connectivity index (χ4v) is 6.06. The maximum Gasteiger partial charge on any atom is 0.179 e. The van der Waals surface area contributed by atoms with Crippen LogP contribution in [0.4, 0.5) is 0 Å². The van der Waals surface area contributed by atoms with E-state index in [1.807, 2.05) is 0 Å². The molecule has 1 aromatic rings. The molecule has 114 valence electrons. The molecule has 1 N–H and O–H groups in total. The van der Waals surface area contributed by atoms with Crippen molar-refractivity contribution in [3.63, 3.8) is 0 Å². The van der Waals surface area contributed by atoms with Gasteiger partial charge in [0.25, 0.3) is 0 Å². The van der Waals surface area contributed by atoms with E-state index in [0.29, 0.717) is 11.2 Å². The lowest BCUT2D eigenvalue weighted by atomic mass is 9.48. The Balaban J connectivity index is 1.58. The Morgan fingerprint density at radius 1 is 1.00 bits per heavy atom. The third kappa shape index (κ3) is 2.10. The molecule has 2 heteroatoms. The monoisotopic (exact) mass is 285 g/mol. The van der Waals surface area contributed by atoms with Crippen LogP contribution in [-0.2, 0) is 0 Å². The number of ketones is 1. The molecule has 4 aliphatic carbocycles. The van der Waals surface area contributed by atoms with Crippen LogP contribution in [0, 0.1) is 43.9 Å². The van der Waals surface area contributed by atoms with Gasteiger partial charge in [-0.3, -0.25) is 4.79 Å². The molecule has 0 atom stereocenters. The van der Waals surface area contributed by atoms with Gasteiger partial charge in [0, 0.05) is 12.1 Å². The van der Waals surface area contributed by atoms with Crippen molar-refractivity contribution in [3.8, 4) is 0 Å². The lowest BCUT2D eigenvalue weighted by Gasteiger charge is -2.56. The minimum absolute atomic E-state index is 0.352. The molecule has 0 unspecified atom stereocenters. The number of nitrogens with one attached hydrogen (secondary N) is 1. The highest BCUT2D eigenvalue weighted by molar-refractivity contribution is 5.96. The van der Waals surface area contributed by atoms with E-state index in [4.69, 9.17) is 0 Å². The van der Waals surface area contributed by atoms with Gasteiger partial charge in [-0.05, 0) is 93.6 Å². The zero-order valence-electron chi connectivity index (χ0n) is 13.6. The van der Waals surface area contributed by atoms with E-state index >= 15 is 0 Å². The normalized spacial score (nSPS) is 37.2. The highest BCUT2D eigenvalue weighted by Crippen LogP contribution is 2.61. The maximum absolute atomic E-state index is 12.9. The van der Waals surface area contributed by atoms with Crippen LogP contribution in [0.25, 0.3) is 0 Å². The first-order chi connectivity index (χ1) is 9.96. The van der Waals surface area contributed by atoms with Crippen LogP contribution in [-0.4, -0.2) is 10.8 Å². The van der Waals surface area contributed by atoms with Crippen LogP contribution in [0.3, 0.4) is 0 Å². The second kappa shape index (κ2) is 4.47. The largest absolute Gasteiger partial charge is 0.356 e. The average molecular weight is 285 g/mol. The Bertz CT molecular complexity index is 560. The SMILES string of the molecule is Cc1[nH]c(C(=O)CC23CC4CC(CC(C4)C2)C3)c(C)c1C. The molecule has 21 heavy (non-hydrogen) atoms.